The minimum absolute atomic E-state index is 0.0974. The fraction of sp³-hybridized carbons (Fsp3) is 0.212. The Morgan fingerprint density at radius 1 is 1.04 bits per heavy atom. The highest BCUT2D eigenvalue weighted by molar-refractivity contribution is 7.07. The van der Waals surface area contributed by atoms with Gasteiger partial charge >= 0.3 is 5.97 Å². The average Bonchev–Trinajstić information content (AvgIpc) is 3.35. The van der Waals surface area contributed by atoms with E-state index in [0.29, 0.717) is 56.3 Å². The molecule has 0 amide bonds. The number of methoxy groups -OCH3 is 1. The maximum absolute atomic E-state index is 13.9. The van der Waals surface area contributed by atoms with Gasteiger partial charge in [0.25, 0.3) is 5.56 Å². The molecule has 230 valence electrons. The van der Waals surface area contributed by atoms with E-state index in [9.17, 15) is 14.9 Å². The lowest BCUT2D eigenvalue weighted by Gasteiger charge is -2.23. The van der Waals surface area contributed by atoms with Crippen LogP contribution in [0, 0.1) is 11.3 Å². The number of nitriles is 1. The third-order valence-electron chi connectivity index (χ3n) is 6.84. The molecule has 1 aliphatic rings. The number of ether oxygens (including phenoxy) is 4. The Labute approximate surface area is 272 Å². The molecule has 3 aromatic carbocycles. The zero-order valence-corrected chi connectivity index (χ0v) is 26.8. The second-order valence-electron chi connectivity index (χ2n) is 9.62. The smallest absolute Gasteiger partial charge is 0.337 e. The highest BCUT2D eigenvalue weighted by Gasteiger charge is 2.31. The molecule has 1 atom stereocenters. The van der Waals surface area contributed by atoms with Crippen molar-refractivity contribution < 1.29 is 23.7 Å². The molecule has 9 nitrogen and oxygen atoms in total. The fourth-order valence-corrected chi connectivity index (χ4v) is 6.43. The van der Waals surface area contributed by atoms with E-state index in [0.717, 1.165) is 11.3 Å². The zero-order chi connectivity index (χ0) is 32.1. The van der Waals surface area contributed by atoms with E-state index in [-0.39, 0.29) is 33.5 Å². The third kappa shape index (κ3) is 6.61. The molecule has 0 aliphatic carbocycles. The van der Waals surface area contributed by atoms with Crippen LogP contribution < -0.4 is 29.1 Å². The van der Waals surface area contributed by atoms with Crippen LogP contribution in [-0.4, -0.2) is 30.9 Å². The van der Waals surface area contributed by atoms with Crippen LogP contribution in [0.15, 0.2) is 76.2 Å². The van der Waals surface area contributed by atoms with Gasteiger partial charge in [0, 0.05) is 11.8 Å². The number of aromatic nitrogens is 1. The first-order chi connectivity index (χ1) is 21.8. The summed E-state index contributed by atoms with van der Waals surface area (Å²) in [6.07, 6.45) is 3.08. The molecule has 45 heavy (non-hydrogen) atoms. The summed E-state index contributed by atoms with van der Waals surface area (Å²) in [6, 6.07) is 16.9. The summed E-state index contributed by atoms with van der Waals surface area (Å²) in [5.74, 6) is 0.682. The third-order valence-corrected chi connectivity index (χ3v) is 8.39. The van der Waals surface area contributed by atoms with Crippen molar-refractivity contribution in [3.05, 3.63) is 118 Å². The summed E-state index contributed by atoms with van der Waals surface area (Å²) in [7, 11) is 1.28. The second kappa shape index (κ2) is 14.0. The fourth-order valence-electron chi connectivity index (χ4n) is 4.84. The first kappa shape index (κ1) is 31.9. The van der Waals surface area contributed by atoms with Gasteiger partial charge in [-0.1, -0.05) is 58.8 Å². The molecule has 2 heterocycles. The largest absolute Gasteiger partial charge is 0.490 e. The van der Waals surface area contributed by atoms with E-state index < -0.39 is 12.0 Å². The van der Waals surface area contributed by atoms with Gasteiger partial charge in [0.1, 0.15) is 6.61 Å². The molecule has 5 rings (SSSR count). The highest BCUT2D eigenvalue weighted by Crippen LogP contribution is 2.36. The average molecular weight is 665 g/mol. The molecule has 0 fully saturated rings. The number of fused-ring (bicyclic) bond motifs is 1. The van der Waals surface area contributed by atoms with E-state index in [4.69, 9.17) is 42.1 Å². The molecule has 1 aliphatic heterocycles. The van der Waals surface area contributed by atoms with E-state index >= 15 is 0 Å². The number of rotatable bonds is 10. The molecule has 0 saturated heterocycles. The zero-order valence-electron chi connectivity index (χ0n) is 24.5. The van der Waals surface area contributed by atoms with Crippen molar-refractivity contribution in [2.24, 2.45) is 4.99 Å². The van der Waals surface area contributed by atoms with Gasteiger partial charge in [0.05, 0.1) is 58.1 Å². The molecule has 0 saturated carbocycles. The molecular weight excluding hydrogens is 637 g/mol. The number of esters is 1. The molecular formula is C33H27Cl2N3O6S. The predicted molar refractivity (Wildman–Crippen MR) is 172 cm³/mol. The Morgan fingerprint density at radius 2 is 1.76 bits per heavy atom. The van der Waals surface area contributed by atoms with Crippen molar-refractivity contribution in [3.8, 4) is 23.3 Å². The second-order valence-corrected chi connectivity index (χ2v) is 11.4. The highest BCUT2D eigenvalue weighted by atomic mass is 35.5. The number of halogens is 2. The van der Waals surface area contributed by atoms with Gasteiger partial charge in [-0.3, -0.25) is 9.36 Å². The van der Waals surface area contributed by atoms with Crippen molar-refractivity contribution in [1.82, 2.24) is 4.57 Å². The van der Waals surface area contributed by atoms with Crippen LogP contribution >= 0.6 is 34.5 Å². The Morgan fingerprint density at radius 3 is 2.44 bits per heavy atom. The quantitative estimate of drug-likeness (QED) is 0.204. The van der Waals surface area contributed by atoms with Crippen molar-refractivity contribution in [2.75, 3.05) is 20.3 Å². The lowest BCUT2D eigenvalue weighted by Crippen LogP contribution is -2.39. The van der Waals surface area contributed by atoms with E-state index in [2.05, 4.69) is 11.1 Å². The first-order valence-corrected chi connectivity index (χ1v) is 15.4. The van der Waals surface area contributed by atoms with E-state index in [1.165, 1.54) is 17.9 Å². The van der Waals surface area contributed by atoms with Gasteiger partial charge in [0.2, 0.25) is 0 Å². The monoisotopic (exact) mass is 663 g/mol. The van der Waals surface area contributed by atoms with Crippen molar-refractivity contribution in [1.29, 1.82) is 5.26 Å². The lowest BCUT2D eigenvalue weighted by molar-refractivity contribution is -0.136. The first-order valence-electron chi connectivity index (χ1n) is 13.9. The Hall–Kier alpha value is -4.56. The number of carbonyl (C=O) groups excluding carboxylic acids is 1. The van der Waals surface area contributed by atoms with E-state index in [1.807, 2.05) is 19.9 Å². The van der Waals surface area contributed by atoms with Crippen LogP contribution in [-0.2, 0) is 16.1 Å². The summed E-state index contributed by atoms with van der Waals surface area (Å²) in [4.78, 5) is 31.6. The Balaban J connectivity index is 1.54. The van der Waals surface area contributed by atoms with Gasteiger partial charge in [-0.05, 0) is 61.4 Å². The number of thiazole rings is 1. The van der Waals surface area contributed by atoms with Crippen molar-refractivity contribution in [2.45, 2.75) is 26.5 Å². The maximum Gasteiger partial charge on any atom is 0.337 e. The molecule has 4 aromatic rings. The number of carbonyl (C=O) groups is 1. The predicted octanol–water partition coefficient (Wildman–Crippen LogP) is 5.57. The van der Waals surface area contributed by atoms with Gasteiger partial charge < -0.3 is 18.9 Å². The topological polar surface area (TPSA) is 112 Å². The van der Waals surface area contributed by atoms with Crippen LogP contribution in [0.1, 0.15) is 42.1 Å². The molecule has 0 bridgehead atoms. The minimum atomic E-state index is -0.829. The summed E-state index contributed by atoms with van der Waals surface area (Å²) in [5.41, 5.74) is 2.18. The Bertz CT molecular complexity index is 2010. The van der Waals surface area contributed by atoms with Crippen LogP contribution in [0.5, 0.6) is 17.2 Å². The van der Waals surface area contributed by atoms with Crippen LogP contribution in [0.4, 0.5) is 0 Å². The normalized spacial score (nSPS) is 14.1. The summed E-state index contributed by atoms with van der Waals surface area (Å²) < 4.78 is 24.2. The van der Waals surface area contributed by atoms with Crippen molar-refractivity contribution >= 4 is 46.6 Å². The van der Waals surface area contributed by atoms with E-state index in [1.54, 1.807) is 54.6 Å². The lowest BCUT2D eigenvalue weighted by atomic mass is 9.97. The van der Waals surface area contributed by atoms with Crippen LogP contribution in [0.2, 0.25) is 10.0 Å². The van der Waals surface area contributed by atoms with Crippen LogP contribution in [0.3, 0.4) is 0 Å². The summed E-state index contributed by atoms with van der Waals surface area (Å²) >= 11 is 14.3. The standard InChI is InChI=1S/C33H27Cl2N3O6S/c1-4-42-26-11-10-20(15-27(26)43-5-2)29-23(32(40)41-3)17-37-33-38(29)31(39)28(45-33)14-19-12-24(34)30(25(35)13-19)44-18-22-9-7-6-8-21(22)16-36/h6-15,17,29H,4-5,18H2,1-3H3/b28-14-/t29-/m0/s1. The minimum Gasteiger partial charge on any atom is -0.490 e. The molecule has 0 N–H and O–H groups in total. The SMILES string of the molecule is CCOc1ccc([C@H]2C(C(=O)OC)=CN=c3s/c(=C\c4cc(Cl)c(OCc5ccccc5C#N)c(Cl)c4)c(=O)n32)cc1OCC. The number of benzene rings is 3. The summed E-state index contributed by atoms with van der Waals surface area (Å²) in [5, 5.41) is 9.82. The van der Waals surface area contributed by atoms with Crippen LogP contribution in [0.25, 0.3) is 6.08 Å². The molecule has 12 heteroatoms. The number of hydrogen-bond acceptors (Lipinski definition) is 9. The number of nitrogens with zero attached hydrogens (tertiary/aromatic N) is 3. The molecule has 1 aromatic heterocycles. The van der Waals surface area contributed by atoms with Gasteiger partial charge in [-0.15, -0.1) is 0 Å². The van der Waals surface area contributed by atoms with Gasteiger partial charge in [0.15, 0.2) is 22.0 Å². The molecule has 0 spiro atoms. The molecule has 0 unspecified atom stereocenters. The maximum atomic E-state index is 13.9. The Kier molecular flexibility index (Phi) is 9.93. The van der Waals surface area contributed by atoms with Gasteiger partial charge in [-0.2, -0.15) is 5.26 Å². The number of hydrogen-bond donors (Lipinski definition) is 0. The van der Waals surface area contributed by atoms with Gasteiger partial charge in [-0.25, -0.2) is 9.79 Å². The van der Waals surface area contributed by atoms with Crippen molar-refractivity contribution in [3.63, 3.8) is 0 Å². The summed E-state index contributed by atoms with van der Waals surface area (Å²) in [6.45, 7) is 4.67. The molecule has 0 radical (unpaired) electrons.